The van der Waals surface area contributed by atoms with E-state index in [1.54, 1.807) is 25.1 Å². The lowest BCUT2D eigenvalue weighted by molar-refractivity contribution is 0.0696. The molecule has 1 aromatic rings. The quantitative estimate of drug-likeness (QED) is 0.832. The SMILES string of the molecule is CCC(C)COc1ccc(C(=O)O)c(C)c1. The minimum absolute atomic E-state index is 0.330. The standard InChI is InChI=1S/C13H18O3/c1-4-9(2)8-16-11-5-6-12(13(14)15)10(3)7-11/h5-7,9H,4,8H2,1-3H3,(H,14,15). The summed E-state index contributed by atoms with van der Waals surface area (Å²) in [5.74, 6) is 0.355. The molecule has 1 aromatic carbocycles. The van der Waals surface area contributed by atoms with Crippen LogP contribution in [0.15, 0.2) is 18.2 Å². The van der Waals surface area contributed by atoms with Crippen molar-refractivity contribution in [2.75, 3.05) is 6.61 Å². The van der Waals surface area contributed by atoms with Crippen molar-refractivity contribution in [3.8, 4) is 5.75 Å². The van der Waals surface area contributed by atoms with Crippen molar-refractivity contribution in [3.63, 3.8) is 0 Å². The molecule has 0 aromatic heterocycles. The average Bonchev–Trinajstić information content (AvgIpc) is 2.25. The molecule has 3 heteroatoms. The van der Waals surface area contributed by atoms with Crippen LogP contribution in [0.5, 0.6) is 5.75 Å². The third-order valence-corrected chi connectivity index (χ3v) is 2.66. The minimum Gasteiger partial charge on any atom is -0.493 e. The Morgan fingerprint density at radius 1 is 1.50 bits per heavy atom. The predicted octanol–water partition coefficient (Wildman–Crippen LogP) is 3.12. The summed E-state index contributed by atoms with van der Waals surface area (Å²) in [5, 5.41) is 8.87. The predicted molar refractivity (Wildman–Crippen MR) is 63.1 cm³/mol. The number of benzene rings is 1. The highest BCUT2D eigenvalue weighted by Gasteiger charge is 2.08. The first-order valence-electron chi connectivity index (χ1n) is 5.51. The van der Waals surface area contributed by atoms with Crippen LogP contribution < -0.4 is 4.74 Å². The summed E-state index contributed by atoms with van der Waals surface area (Å²) in [6, 6.07) is 5.06. The van der Waals surface area contributed by atoms with Crippen LogP contribution in [0.2, 0.25) is 0 Å². The van der Waals surface area contributed by atoms with Crippen molar-refractivity contribution in [1.29, 1.82) is 0 Å². The number of aromatic carboxylic acids is 1. The van der Waals surface area contributed by atoms with Gasteiger partial charge in [0.2, 0.25) is 0 Å². The molecular formula is C13H18O3. The molecule has 0 bridgehead atoms. The van der Waals surface area contributed by atoms with Gasteiger partial charge in [0.1, 0.15) is 5.75 Å². The van der Waals surface area contributed by atoms with Gasteiger partial charge in [-0.1, -0.05) is 20.3 Å². The van der Waals surface area contributed by atoms with Gasteiger partial charge in [-0.3, -0.25) is 0 Å². The van der Waals surface area contributed by atoms with E-state index in [0.717, 1.165) is 17.7 Å². The van der Waals surface area contributed by atoms with E-state index in [-0.39, 0.29) is 0 Å². The van der Waals surface area contributed by atoms with E-state index in [1.165, 1.54) is 0 Å². The van der Waals surface area contributed by atoms with E-state index in [9.17, 15) is 4.79 Å². The molecule has 16 heavy (non-hydrogen) atoms. The highest BCUT2D eigenvalue weighted by molar-refractivity contribution is 5.89. The maximum absolute atomic E-state index is 10.8. The fourth-order valence-electron chi connectivity index (χ4n) is 1.32. The third-order valence-electron chi connectivity index (χ3n) is 2.66. The zero-order valence-electron chi connectivity index (χ0n) is 9.99. The normalized spacial score (nSPS) is 12.2. The number of hydrogen-bond donors (Lipinski definition) is 1. The van der Waals surface area contributed by atoms with Gasteiger partial charge in [0, 0.05) is 0 Å². The van der Waals surface area contributed by atoms with Crippen molar-refractivity contribution in [1.82, 2.24) is 0 Å². The molecular weight excluding hydrogens is 204 g/mol. The Bertz CT molecular complexity index is 371. The monoisotopic (exact) mass is 222 g/mol. The molecule has 0 aliphatic rings. The van der Waals surface area contributed by atoms with Gasteiger partial charge in [-0.05, 0) is 36.6 Å². The number of aryl methyl sites for hydroxylation is 1. The van der Waals surface area contributed by atoms with Crippen molar-refractivity contribution in [2.24, 2.45) is 5.92 Å². The molecule has 0 fully saturated rings. The zero-order chi connectivity index (χ0) is 12.1. The molecule has 0 heterocycles. The van der Waals surface area contributed by atoms with Gasteiger partial charge in [0.15, 0.2) is 0 Å². The molecule has 1 N–H and O–H groups in total. The number of hydrogen-bond acceptors (Lipinski definition) is 2. The number of carboxylic acids is 1. The molecule has 1 atom stereocenters. The topological polar surface area (TPSA) is 46.5 Å². The van der Waals surface area contributed by atoms with Crippen molar-refractivity contribution >= 4 is 5.97 Å². The first-order chi connectivity index (χ1) is 7.54. The molecule has 0 aliphatic heterocycles. The smallest absolute Gasteiger partial charge is 0.335 e. The van der Waals surface area contributed by atoms with Crippen molar-refractivity contribution < 1.29 is 14.6 Å². The third kappa shape index (κ3) is 3.26. The lowest BCUT2D eigenvalue weighted by atomic mass is 10.1. The highest BCUT2D eigenvalue weighted by Crippen LogP contribution is 2.18. The number of ether oxygens (including phenoxy) is 1. The average molecular weight is 222 g/mol. The lowest BCUT2D eigenvalue weighted by Gasteiger charge is -2.12. The summed E-state index contributed by atoms with van der Waals surface area (Å²) in [6.07, 6.45) is 1.08. The molecule has 1 unspecified atom stereocenters. The Hall–Kier alpha value is -1.51. The Kier molecular flexibility index (Phi) is 4.35. The summed E-state index contributed by atoms with van der Waals surface area (Å²) in [5.41, 5.74) is 1.06. The van der Waals surface area contributed by atoms with Crippen molar-refractivity contribution in [3.05, 3.63) is 29.3 Å². The van der Waals surface area contributed by atoms with Crippen LogP contribution in [-0.4, -0.2) is 17.7 Å². The van der Waals surface area contributed by atoms with E-state index in [1.807, 2.05) is 0 Å². The van der Waals surface area contributed by atoms with E-state index >= 15 is 0 Å². The molecule has 88 valence electrons. The second-order valence-electron chi connectivity index (χ2n) is 4.11. The lowest BCUT2D eigenvalue weighted by Crippen LogP contribution is -2.08. The van der Waals surface area contributed by atoms with E-state index in [0.29, 0.717) is 18.1 Å². The number of carbonyl (C=O) groups is 1. The highest BCUT2D eigenvalue weighted by atomic mass is 16.5. The van der Waals surface area contributed by atoms with Gasteiger partial charge in [0.25, 0.3) is 0 Å². The molecule has 3 nitrogen and oxygen atoms in total. The second-order valence-corrected chi connectivity index (χ2v) is 4.11. The maximum Gasteiger partial charge on any atom is 0.335 e. The van der Waals surface area contributed by atoms with Crippen LogP contribution in [0, 0.1) is 12.8 Å². The molecule has 1 rings (SSSR count). The van der Waals surface area contributed by atoms with Crippen LogP contribution in [-0.2, 0) is 0 Å². The molecule has 0 saturated carbocycles. The van der Waals surface area contributed by atoms with Crippen LogP contribution in [0.25, 0.3) is 0 Å². The minimum atomic E-state index is -0.897. The first kappa shape index (κ1) is 12.6. The summed E-state index contributed by atoms with van der Waals surface area (Å²) < 4.78 is 5.58. The zero-order valence-corrected chi connectivity index (χ0v) is 9.99. The van der Waals surface area contributed by atoms with Gasteiger partial charge in [0.05, 0.1) is 12.2 Å². The molecule has 0 spiro atoms. The molecule has 0 amide bonds. The Labute approximate surface area is 96.1 Å². The van der Waals surface area contributed by atoms with Crippen molar-refractivity contribution in [2.45, 2.75) is 27.2 Å². The van der Waals surface area contributed by atoms with Gasteiger partial charge in [-0.15, -0.1) is 0 Å². The van der Waals surface area contributed by atoms with Crippen LogP contribution in [0.1, 0.15) is 36.2 Å². The Morgan fingerprint density at radius 3 is 2.69 bits per heavy atom. The van der Waals surface area contributed by atoms with E-state index < -0.39 is 5.97 Å². The molecule has 0 saturated heterocycles. The fourth-order valence-corrected chi connectivity index (χ4v) is 1.32. The summed E-state index contributed by atoms with van der Waals surface area (Å²) in [4.78, 5) is 10.8. The van der Waals surface area contributed by atoms with Gasteiger partial charge in [-0.25, -0.2) is 4.79 Å². The molecule has 0 radical (unpaired) electrons. The van der Waals surface area contributed by atoms with Gasteiger partial charge >= 0.3 is 5.97 Å². The van der Waals surface area contributed by atoms with Crippen LogP contribution >= 0.6 is 0 Å². The summed E-state index contributed by atoms with van der Waals surface area (Å²) in [6.45, 7) is 6.69. The molecule has 0 aliphatic carbocycles. The number of rotatable bonds is 5. The van der Waals surface area contributed by atoms with Crippen LogP contribution in [0.3, 0.4) is 0 Å². The van der Waals surface area contributed by atoms with E-state index in [2.05, 4.69) is 13.8 Å². The first-order valence-corrected chi connectivity index (χ1v) is 5.51. The van der Waals surface area contributed by atoms with Gasteiger partial charge in [-0.2, -0.15) is 0 Å². The Balaban J connectivity index is 2.70. The number of carboxylic acid groups (broad SMARTS) is 1. The fraction of sp³-hybridized carbons (Fsp3) is 0.462. The van der Waals surface area contributed by atoms with Crippen LogP contribution in [0.4, 0.5) is 0 Å². The summed E-state index contributed by atoms with van der Waals surface area (Å²) >= 11 is 0. The van der Waals surface area contributed by atoms with Gasteiger partial charge < -0.3 is 9.84 Å². The van der Waals surface area contributed by atoms with E-state index in [4.69, 9.17) is 9.84 Å². The maximum atomic E-state index is 10.8. The Morgan fingerprint density at radius 2 is 2.19 bits per heavy atom. The summed E-state index contributed by atoms with van der Waals surface area (Å²) in [7, 11) is 0. The second kappa shape index (κ2) is 5.54. The largest absolute Gasteiger partial charge is 0.493 e.